The average Bonchev–Trinajstić information content (AvgIpc) is 3.34. The van der Waals surface area contributed by atoms with Crippen molar-refractivity contribution < 1.29 is 14.3 Å². The fourth-order valence-electron chi connectivity index (χ4n) is 3.18. The molecule has 0 radical (unpaired) electrons. The van der Waals surface area contributed by atoms with E-state index in [0.29, 0.717) is 24.6 Å². The van der Waals surface area contributed by atoms with E-state index in [1.54, 1.807) is 7.11 Å². The van der Waals surface area contributed by atoms with Crippen LogP contribution in [0, 0.1) is 6.92 Å². The fraction of sp³-hybridized carbons (Fsp3) is 0.217. The van der Waals surface area contributed by atoms with Crippen molar-refractivity contribution in [2.24, 2.45) is 0 Å². The van der Waals surface area contributed by atoms with Crippen LogP contribution in [0.15, 0.2) is 60.7 Å². The molecule has 1 amide bonds. The van der Waals surface area contributed by atoms with Gasteiger partial charge in [0.05, 0.1) is 30.8 Å². The van der Waals surface area contributed by atoms with Crippen LogP contribution in [0.5, 0.6) is 11.5 Å². The molecule has 0 bridgehead atoms. The zero-order valence-corrected chi connectivity index (χ0v) is 17.7. The molecule has 0 aliphatic rings. The topological polar surface area (TPSA) is 65.4 Å². The van der Waals surface area contributed by atoms with Crippen molar-refractivity contribution in [2.75, 3.05) is 20.3 Å². The molecule has 4 aromatic rings. The Morgan fingerprint density at radius 2 is 1.83 bits per heavy atom. The number of carbonyl (C=O) groups is 1. The summed E-state index contributed by atoms with van der Waals surface area (Å²) in [6.07, 6.45) is 0. The Kier molecular flexibility index (Phi) is 5.99. The number of nitrogens with one attached hydrogen (secondary N) is 1. The number of thiophene rings is 1. The van der Waals surface area contributed by atoms with Gasteiger partial charge in [0.1, 0.15) is 22.9 Å². The third kappa shape index (κ3) is 4.46. The first-order chi connectivity index (χ1) is 14.6. The van der Waals surface area contributed by atoms with E-state index in [1.165, 1.54) is 16.9 Å². The summed E-state index contributed by atoms with van der Waals surface area (Å²) < 4.78 is 12.8. The largest absolute Gasteiger partial charge is 0.497 e. The van der Waals surface area contributed by atoms with E-state index in [0.717, 1.165) is 27.4 Å². The SMILES string of the molecule is COc1ccc(OCCNC(=O)c2cc3c(C)nn(Cc4ccccc4)c3s2)cc1. The standard InChI is InChI=1S/C23H23N3O3S/c1-16-20-14-21(30-23(20)26(25-16)15-17-6-4-3-5-7-17)22(27)24-12-13-29-19-10-8-18(28-2)9-11-19/h3-11,14H,12-13,15H2,1-2H3,(H,24,27). The van der Waals surface area contributed by atoms with E-state index in [4.69, 9.17) is 9.47 Å². The predicted molar refractivity (Wildman–Crippen MR) is 119 cm³/mol. The third-order valence-corrected chi connectivity index (χ3v) is 5.87. The van der Waals surface area contributed by atoms with Crippen molar-refractivity contribution in [3.63, 3.8) is 0 Å². The van der Waals surface area contributed by atoms with E-state index in [1.807, 2.05) is 60.1 Å². The van der Waals surface area contributed by atoms with E-state index in [-0.39, 0.29) is 5.91 Å². The maximum atomic E-state index is 12.6. The van der Waals surface area contributed by atoms with E-state index >= 15 is 0 Å². The molecule has 2 aromatic carbocycles. The predicted octanol–water partition coefficient (Wildman–Crippen LogP) is 4.27. The van der Waals surface area contributed by atoms with Gasteiger partial charge in [0, 0.05) is 5.39 Å². The van der Waals surface area contributed by atoms with Crippen LogP contribution in [0.1, 0.15) is 20.9 Å². The van der Waals surface area contributed by atoms with Crippen molar-refractivity contribution in [1.29, 1.82) is 0 Å². The molecule has 0 saturated carbocycles. The molecule has 2 aromatic heterocycles. The lowest BCUT2D eigenvalue weighted by Crippen LogP contribution is -2.27. The Bertz CT molecular complexity index is 1130. The number of rotatable bonds is 8. The minimum absolute atomic E-state index is 0.0970. The summed E-state index contributed by atoms with van der Waals surface area (Å²) in [7, 11) is 1.63. The molecular formula is C23H23N3O3S. The summed E-state index contributed by atoms with van der Waals surface area (Å²) in [5, 5.41) is 8.58. The highest BCUT2D eigenvalue weighted by atomic mass is 32.1. The lowest BCUT2D eigenvalue weighted by molar-refractivity contribution is 0.0951. The summed E-state index contributed by atoms with van der Waals surface area (Å²) in [6, 6.07) is 19.5. The molecule has 0 fully saturated rings. The molecule has 4 rings (SSSR count). The second-order valence-electron chi connectivity index (χ2n) is 6.84. The molecule has 0 spiro atoms. The zero-order valence-electron chi connectivity index (χ0n) is 16.9. The molecule has 0 saturated heterocycles. The molecule has 1 N–H and O–H groups in total. The number of nitrogens with zero attached hydrogens (tertiary/aromatic N) is 2. The molecule has 0 atom stereocenters. The van der Waals surface area contributed by atoms with Gasteiger partial charge >= 0.3 is 0 Å². The highest BCUT2D eigenvalue weighted by Crippen LogP contribution is 2.28. The van der Waals surface area contributed by atoms with Gasteiger partial charge in [0.15, 0.2) is 0 Å². The second kappa shape index (κ2) is 9.00. The summed E-state index contributed by atoms with van der Waals surface area (Å²) in [4.78, 5) is 14.3. The summed E-state index contributed by atoms with van der Waals surface area (Å²) in [5.74, 6) is 1.42. The van der Waals surface area contributed by atoms with Gasteiger partial charge in [-0.2, -0.15) is 5.10 Å². The van der Waals surface area contributed by atoms with Crippen molar-refractivity contribution in [3.05, 3.63) is 76.8 Å². The quantitative estimate of drug-likeness (QED) is 0.432. The number of fused-ring (bicyclic) bond motifs is 1. The van der Waals surface area contributed by atoms with Crippen LogP contribution in [0.25, 0.3) is 10.2 Å². The summed E-state index contributed by atoms with van der Waals surface area (Å²) >= 11 is 1.46. The molecule has 154 valence electrons. The van der Waals surface area contributed by atoms with Crippen molar-refractivity contribution >= 4 is 27.5 Å². The minimum atomic E-state index is -0.0970. The number of amides is 1. The van der Waals surface area contributed by atoms with Crippen molar-refractivity contribution in [2.45, 2.75) is 13.5 Å². The van der Waals surface area contributed by atoms with Crippen LogP contribution in [0.4, 0.5) is 0 Å². The van der Waals surface area contributed by atoms with Gasteiger partial charge < -0.3 is 14.8 Å². The zero-order chi connectivity index (χ0) is 20.9. The number of methoxy groups -OCH3 is 1. The number of carbonyl (C=O) groups excluding carboxylic acids is 1. The lowest BCUT2D eigenvalue weighted by atomic mass is 10.2. The van der Waals surface area contributed by atoms with Gasteiger partial charge in [-0.25, -0.2) is 0 Å². The monoisotopic (exact) mass is 421 g/mol. The van der Waals surface area contributed by atoms with Crippen molar-refractivity contribution in [1.82, 2.24) is 15.1 Å². The van der Waals surface area contributed by atoms with Gasteiger partial charge in [-0.3, -0.25) is 9.48 Å². The first-order valence-corrected chi connectivity index (χ1v) is 10.5. The van der Waals surface area contributed by atoms with Gasteiger partial charge in [0.2, 0.25) is 0 Å². The number of hydrogen-bond acceptors (Lipinski definition) is 5. The van der Waals surface area contributed by atoms with Crippen LogP contribution < -0.4 is 14.8 Å². The van der Waals surface area contributed by atoms with Crippen LogP contribution in [0.2, 0.25) is 0 Å². The summed E-state index contributed by atoms with van der Waals surface area (Å²) in [6.45, 7) is 3.47. The number of hydrogen-bond donors (Lipinski definition) is 1. The molecule has 6 nitrogen and oxygen atoms in total. The Labute approximate surface area is 179 Å². The van der Waals surface area contributed by atoms with Gasteiger partial charge in [-0.15, -0.1) is 11.3 Å². The van der Waals surface area contributed by atoms with E-state index in [2.05, 4.69) is 22.5 Å². The number of aryl methyl sites for hydroxylation is 1. The minimum Gasteiger partial charge on any atom is -0.497 e. The first kappa shape index (κ1) is 20.0. The molecule has 2 heterocycles. The van der Waals surface area contributed by atoms with Crippen LogP contribution in [-0.2, 0) is 6.54 Å². The molecular weight excluding hydrogens is 398 g/mol. The molecule has 0 unspecified atom stereocenters. The normalized spacial score (nSPS) is 10.9. The maximum absolute atomic E-state index is 12.6. The van der Waals surface area contributed by atoms with E-state index < -0.39 is 0 Å². The number of benzene rings is 2. The Morgan fingerprint density at radius 3 is 2.57 bits per heavy atom. The van der Waals surface area contributed by atoms with Crippen molar-refractivity contribution in [3.8, 4) is 11.5 Å². The van der Waals surface area contributed by atoms with Crippen LogP contribution in [-0.4, -0.2) is 35.9 Å². The Morgan fingerprint density at radius 1 is 1.10 bits per heavy atom. The highest BCUT2D eigenvalue weighted by molar-refractivity contribution is 7.20. The molecule has 30 heavy (non-hydrogen) atoms. The van der Waals surface area contributed by atoms with Crippen LogP contribution in [0.3, 0.4) is 0 Å². The van der Waals surface area contributed by atoms with E-state index in [9.17, 15) is 4.79 Å². The van der Waals surface area contributed by atoms with Crippen LogP contribution >= 0.6 is 11.3 Å². The van der Waals surface area contributed by atoms with Gasteiger partial charge in [-0.1, -0.05) is 30.3 Å². The maximum Gasteiger partial charge on any atom is 0.261 e. The first-order valence-electron chi connectivity index (χ1n) is 9.70. The van der Waals surface area contributed by atoms with Gasteiger partial charge in [-0.05, 0) is 42.8 Å². The molecule has 0 aliphatic heterocycles. The fourth-order valence-corrected chi connectivity index (χ4v) is 4.26. The number of aromatic nitrogens is 2. The Hall–Kier alpha value is -3.32. The highest BCUT2D eigenvalue weighted by Gasteiger charge is 2.16. The summed E-state index contributed by atoms with van der Waals surface area (Å²) in [5.41, 5.74) is 2.11. The second-order valence-corrected chi connectivity index (χ2v) is 7.87. The average molecular weight is 422 g/mol. The smallest absolute Gasteiger partial charge is 0.261 e. The van der Waals surface area contributed by atoms with Gasteiger partial charge in [0.25, 0.3) is 5.91 Å². The molecule has 0 aliphatic carbocycles. The molecule has 7 heteroatoms. The Balaban J connectivity index is 1.36. The third-order valence-electron chi connectivity index (χ3n) is 4.72. The lowest BCUT2D eigenvalue weighted by Gasteiger charge is -2.08. The number of ether oxygens (including phenoxy) is 2.